The van der Waals surface area contributed by atoms with E-state index in [1.165, 1.54) is 18.2 Å². The predicted molar refractivity (Wildman–Crippen MR) is 62.8 cm³/mol. The van der Waals surface area contributed by atoms with E-state index in [1.54, 1.807) is 0 Å². The molecule has 90 valence electrons. The third-order valence-corrected chi connectivity index (χ3v) is 3.18. The molecule has 0 fully saturated rings. The lowest BCUT2D eigenvalue weighted by Crippen LogP contribution is -2.10. The number of rotatable bonds is 4. The Hall–Kier alpha value is -1.10. The van der Waals surface area contributed by atoms with E-state index in [1.807, 2.05) is 13.8 Å². The maximum atomic E-state index is 13.4. The van der Waals surface area contributed by atoms with E-state index in [4.69, 9.17) is 0 Å². The van der Waals surface area contributed by atoms with Crippen molar-refractivity contribution in [3.63, 3.8) is 0 Å². The van der Waals surface area contributed by atoms with Gasteiger partial charge in [0, 0.05) is 12.8 Å². The molecule has 0 heterocycles. The minimum atomic E-state index is -3.29. The second-order valence-corrected chi connectivity index (χ2v) is 6.20. The van der Waals surface area contributed by atoms with Gasteiger partial charge in [0.05, 0.1) is 10.6 Å². The van der Waals surface area contributed by atoms with Gasteiger partial charge in [-0.2, -0.15) is 0 Å². The summed E-state index contributed by atoms with van der Waals surface area (Å²) in [5, 5.41) is 2.89. The van der Waals surface area contributed by atoms with Crippen LogP contribution in [-0.2, 0) is 9.84 Å². The molecule has 0 bridgehead atoms. The first-order chi connectivity index (χ1) is 7.30. The van der Waals surface area contributed by atoms with Gasteiger partial charge in [0.2, 0.25) is 0 Å². The van der Waals surface area contributed by atoms with Gasteiger partial charge in [-0.1, -0.05) is 13.8 Å². The molecule has 0 aliphatic carbocycles. The van der Waals surface area contributed by atoms with Gasteiger partial charge in [0.1, 0.15) is 5.82 Å². The fourth-order valence-corrected chi connectivity index (χ4v) is 1.83. The lowest BCUT2D eigenvalue weighted by Gasteiger charge is -2.10. The molecule has 0 aliphatic rings. The third-order valence-electron chi connectivity index (χ3n) is 2.07. The number of hydrogen-bond donors (Lipinski definition) is 1. The number of nitrogens with one attached hydrogen (secondary N) is 1. The Bertz CT molecular complexity index is 469. The van der Waals surface area contributed by atoms with Gasteiger partial charge in [-0.3, -0.25) is 0 Å². The molecule has 0 unspecified atom stereocenters. The average Bonchev–Trinajstić information content (AvgIpc) is 2.14. The molecule has 0 radical (unpaired) electrons. The van der Waals surface area contributed by atoms with Crippen molar-refractivity contribution in [3.8, 4) is 0 Å². The van der Waals surface area contributed by atoms with Crippen molar-refractivity contribution >= 4 is 15.5 Å². The number of benzene rings is 1. The Morgan fingerprint density at radius 1 is 1.38 bits per heavy atom. The first-order valence-electron chi connectivity index (χ1n) is 5.04. The molecule has 0 atom stereocenters. The topological polar surface area (TPSA) is 46.2 Å². The van der Waals surface area contributed by atoms with Crippen LogP contribution in [0.4, 0.5) is 10.1 Å². The van der Waals surface area contributed by atoms with Gasteiger partial charge < -0.3 is 5.32 Å². The molecule has 0 aromatic heterocycles. The minimum Gasteiger partial charge on any atom is -0.382 e. The lowest BCUT2D eigenvalue weighted by molar-refractivity contribution is 0.600. The summed E-state index contributed by atoms with van der Waals surface area (Å²) in [6.45, 7) is 4.58. The Balaban J connectivity index is 3.00. The van der Waals surface area contributed by atoms with Crippen molar-refractivity contribution < 1.29 is 12.8 Å². The van der Waals surface area contributed by atoms with Crippen molar-refractivity contribution in [3.05, 3.63) is 24.0 Å². The number of sulfone groups is 1. The largest absolute Gasteiger partial charge is 0.382 e. The highest BCUT2D eigenvalue weighted by molar-refractivity contribution is 7.90. The van der Waals surface area contributed by atoms with E-state index in [2.05, 4.69) is 5.32 Å². The van der Waals surface area contributed by atoms with E-state index in [0.29, 0.717) is 12.5 Å². The Labute approximate surface area is 95.6 Å². The van der Waals surface area contributed by atoms with E-state index in [-0.39, 0.29) is 10.6 Å². The number of hydrogen-bond acceptors (Lipinski definition) is 3. The van der Waals surface area contributed by atoms with E-state index >= 15 is 0 Å². The normalized spacial score (nSPS) is 11.8. The molecule has 1 rings (SSSR count). The molecule has 0 amide bonds. The zero-order valence-corrected chi connectivity index (χ0v) is 10.4. The first kappa shape index (κ1) is 13.0. The highest BCUT2D eigenvalue weighted by Crippen LogP contribution is 2.19. The summed E-state index contributed by atoms with van der Waals surface area (Å²) in [4.78, 5) is 0.125. The molecule has 0 spiro atoms. The fraction of sp³-hybridized carbons (Fsp3) is 0.455. The summed E-state index contributed by atoms with van der Waals surface area (Å²) in [7, 11) is -3.29. The van der Waals surface area contributed by atoms with Crippen LogP contribution < -0.4 is 5.32 Å². The molecular formula is C11H16FNO2S. The summed E-state index contributed by atoms with van der Waals surface area (Å²) in [6, 6.07) is 3.76. The van der Waals surface area contributed by atoms with Gasteiger partial charge in [-0.15, -0.1) is 0 Å². The third kappa shape index (κ3) is 3.48. The van der Waals surface area contributed by atoms with Gasteiger partial charge >= 0.3 is 0 Å². The molecule has 1 aromatic rings. The zero-order valence-electron chi connectivity index (χ0n) is 9.62. The summed E-state index contributed by atoms with van der Waals surface area (Å²) >= 11 is 0. The standard InChI is InChI=1S/C11H16FNO2S/c1-8(2)7-13-11-6-9(16(3,14)15)4-5-10(11)12/h4-6,8,13H,7H2,1-3H3. The summed E-state index contributed by atoms with van der Waals surface area (Å²) in [5.41, 5.74) is 0.233. The van der Waals surface area contributed by atoms with Crippen LogP contribution in [0.1, 0.15) is 13.8 Å². The van der Waals surface area contributed by atoms with Crippen LogP contribution in [0.3, 0.4) is 0 Å². The number of halogens is 1. The number of anilines is 1. The summed E-state index contributed by atoms with van der Waals surface area (Å²) in [5.74, 6) is -0.0747. The highest BCUT2D eigenvalue weighted by atomic mass is 32.2. The second-order valence-electron chi connectivity index (χ2n) is 4.19. The Morgan fingerprint density at radius 3 is 2.50 bits per heavy atom. The van der Waals surface area contributed by atoms with Gasteiger partial charge in [-0.05, 0) is 24.1 Å². The first-order valence-corrected chi connectivity index (χ1v) is 6.93. The molecule has 0 saturated carbocycles. The van der Waals surface area contributed by atoms with Crippen LogP contribution in [-0.4, -0.2) is 21.2 Å². The molecular weight excluding hydrogens is 229 g/mol. The van der Waals surface area contributed by atoms with E-state index < -0.39 is 15.7 Å². The smallest absolute Gasteiger partial charge is 0.175 e. The fourth-order valence-electron chi connectivity index (χ4n) is 1.18. The molecule has 1 N–H and O–H groups in total. The quantitative estimate of drug-likeness (QED) is 0.828. The maximum absolute atomic E-state index is 13.4. The molecule has 1 aromatic carbocycles. The Morgan fingerprint density at radius 2 is 2.00 bits per heavy atom. The summed E-state index contributed by atoms with van der Waals surface area (Å²) < 4.78 is 35.9. The monoisotopic (exact) mass is 245 g/mol. The van der Waals surface area contributed by atoms with Crippen molar-refractivity contribution in [2.45, 2.75) is 18.7 Å². The van der Waals surface area contributed by atoms with Crippen LogP contribution in [0.25, 0.3) is 0 Å². The van der Waals surface area contributed by atoms with Crippen LogP contribution in [0, 0.1) is 11.7 Å². The molecule has 0 saturated heterocycles. The lowest BCUT2D eigenvalue weighted by atomic mass is 10.2. The van der Waals surface area contributed by atoms with Crippen molar-refractivity contribution in [1.29, 1.82) is 0 Å². The molecule has 16 heavy (non-hydrogen) atoms. The van der Waals surface area contributed by atoms with Gasteiger partial charge in [0.15, 0.2) is 9.84 Å². The molecule has 0 aliphatic heterocycles. The highest BCUT2D eigenvalue weighted by Gasteiger charge is 2.10. The maximum Gasteiger partial charge on any atom is 0.175 e. The average molecular weight is 245 g/mol. The van der Waals surface area contributed by atoms with Crippen molar-refractivity contribution in [2.75, 3.05) is 18.1 Å². The van der Waals surface area contributed by atoms with Crippen LogP contribution in [0.2, 0.25) is 0 Å². The van der Waals surface area contributed by atoms with E-state index in [9.17, 15) is 12.8 Å². The van der Waals surface area contributed by atoms with Crippen LogP contribution >= 0.6 is 0 Å². The molecule has 3 nitrogen and oxygen atoms in total. The van der Waals surface area contributed by atoms with Gasteiger partial charge in [-0.25, -0.2) is 12.8 Å². The van der Waals surface area contributed by atoms with Crippen molar-refractivity contribution in [2.24, 2.45) is 5.92 Å². The predicted octanol–water partition coefficient (Wildman–Crippen LogP) is 2.30. The van der Waals surface area contributed by atoms with Crippen LogP contribution in [0.5, 0.6) is 0 Å². The zero-order chi connectivity index (χ0) is 12.3. The van der Waals surface area contributed by atoms with Gasteiger partial charge in [0.25, 0.3) is 0 Å². The Kier molecular flexibility index (Phi) is 3.91. The minimum absolute atomic E-state index is 0.125. The second kappa shape index (κ2) is 4.82. The van der Waals surface area contributed by atoms with E-state index in [0.717, 1.165) is 6.26 Å². The summed E-state index contributed by atoms with van der Waals surface area (Å²) in [6.07, 6.45) is 1.10. The van der Waals surface area contributed by atoms with Crippen LogP contribution in [0.15, 0.2) is 23.1 Å². The SMILES string of the molecule is CC(C)CNc1cc(S(C)(=O)=O)ccc1F. The molecule has 5 heteroatoms. The van der Waals surface area contributed by atoms with Crippen molar-refractivity contribution in [1.82, 2.24) is 0 Å².